The second kappa shape index (κ2) is 5.54. The van der Waals surface area contributed by atoms with Crippen molar-refractivity contribution in [1.29, 1.82) is 0 Å². The Morgan fingerprint density at radius 1 is 1.50 bits per heavy atom. The van der Waals surface area contributed by atoms with E-state index in [9.17, 15) is 5.11 Å². The van der Waals surface area contributed by atoms with Crippen molar-refractivity contribution in [2.75, 3.05) is 7.11 Å². The van der Waals surface area contributed by atoms with Gasteiger partial charge in [-0.2, -0.15) is 0 Å². The minimum absolute atomic E-state index is 0.481. The highest BCUT2D eigenvalue weighted by molar-refractivity contribution is 9.10. The SMILES string of the molecule is COc1ccc(C(O)Cc2nccn2C)c(Br)c1. The number of methoxy groups -OCH3 is 1. The van der Waals surface area contributed by atoms with Gasteiger partial charge in [-0.05, 0) is 17.7 Å². The summed E-state index contributed by atoms with van der Waals surface area (Å²) < 4.78 is 7.87. The average molecular weight is 311 g/mol. The molecular formula is C13H15BrN2O2. The normalized spacial score (nSPS) is 12.4. The standard InChI is InChI=1S/C13H15BrN2O2/c1-16-6-5-15-13(16)8-12(17)10-4-3-9(18-2)7-11(10)14/h3-7,12,17H,8H2,1-2H3. The van der Waals surface area contributed by atoms with E-state index in [2.05, 4.69) is 20.9 Å². The van der Waals surface area contributed by atoms with Crippen molar-refractivity contribution in [1.82, 2.24) is 9.55 Å². The zero-order chi connectivity index (χ0) is 13.1. The van der Waals surface area contributed by atoms with Crippen molar-refractivity contribution in [3.8, 4) is 5.75 Å². The van der Waals surface area contributed by atoms with Gasteiger partial charge in [-0.15, -0.1) is 0 Å². The number of aryl methyl sites for hydroxylation is 1. The Bertz CT molecular complexity index is 540. The number of halogens is 1. The summed E-state index contributed by atoms with van der Waals surface area (Å²) in [4.78, 5) is 4.21. The van der Waals surface area contributed by atoms with Crippen molar-refractivity contribution in [3.63, 3.8) is 0 Å². The molecule has 18 heavy (non-hydrogen) atoms. The summed E-state index contributed by atoms with van der Waals surface area (Å²) in [6.07, 6.45) is 3.48. The number of aliphatic hydroxyl groups excluding tert-OH is 1. The van der Waals surface area contributed by atoms with E-state index >= 15 is 0 Å². The van der Waals surface area contributed by atoms with Crippen LogP contribution in [0.5, 0.6) is 5.75 Å². The van der Waals surface area contributed by atoms with Crippen LogP contribution >= 0.6 is 15.9 Å². The van der Waals surface area contributed by atoms with Crippen LogP contribution in [-0.2, 0) is 13.5 Å². The highest BCUT2D eigenvalue weighted by Gasteiger charge is 2.14. The van der Waals surface area contributed by atoms with Crippen molar-refractivity contribution in [3.05, 3.63) is 46.5 Å². The van der Waals surface area contributed by atoms with Crippen LogP contribution in [0.25, 0.3) is 0 Å². The molecule has 0 saturated carbocycles. The maximum Gasteiger partial charge on any atom is 0.120 e. The fourth-order valence-corrected chi connectivity index (χ4v) is 2.40. The summed E-state index contributed by atoms with van der Waals surface area (Å²) in [6, 6.07) is 5.54. The number of benzene rings is 1. The predicted molar refractivity (Wildman–Crippen MR) is 72.6 cm³/mol. The molecule has 0 bridgehead atoms. The Morgan fingerprint density at radius 2 is 2.28 bits per heavy atom. The molecule has 0 aliphatic rings. The van der Waals surface area contributed by atoms with Crippen LogP contribution in [0.2, 0.25) is 0 Å². The molecule has 1 atom stereocenters. The molecule has 0 amide bonds. The van der Waals surface area contributed by atoms with Gasteiger partial charge in [-0.1, -0.05) is 22.0 Å². The van der Waals surface area contributed by atoms with E-state index < -0.39 is 6.10 Å². The molecule has 2 rings (SSSR count). The summed E-state index contributed by atoms with van der Waals surface area (Å²) in [6.45, 7) is 0. The van der Waals surface area contributed by atoms with Crippen molar-refractivity contribution in [2.24, 2.45) is 7.05 Å². The number of aliphatic hydroxyl groups is 1. The quantitative estimate of drug-likeness (QED) is 0.943. The van der Waals surface area contributed by atoms with E-state index in [1.165, 1.54) is 0 Å². The van der Waals surface area contributed by atoms with Gasteiger partial charge in [0.1, 0.15) is 11.6 Å². The van der Waals surface area contributed by atoms with Crippen LogP contribution in [0, 0.1) is 0 Å². The third-order valence-corrected chi connectivity index (χ3v) is 3.55. The van der Waals surface area contributed by atoms with Crippen molar-refractivity contribution in [2.45, 2.75) is 12.5 Å². The molecule has 5 heteroatoms. The average Bonchev–Trinajstić information content (AvgIpc) is 2.74. The summed E-state index contributed by atoms with van der Waals surface area (Å²) in [5.74, 6) is 1.61. The van der Waals surface area contributed by atoms with E-state index in [0.29, 0.717) is 6.42 Å². The number of hydrogen-bond donors (Lipinski definition) is 1. The fourth-order valence-electron chi connectivity index (χ4n) is 1.78. The van der Waals surface area contributed by atoms with Gasteiger partial charge in [0, 0.05) is 30.3 Å². The maximum atomic E-state index is 10.2. The lowest BCUT2D eigenvalue weighted by Gasteiger charge is -2.13. The fraction of sp³-hybridized carbons (Fsp3) is 0.308. The largest absolute Gasteiger partial charge is 0.497 e. The van der Waals surface area contributed by atoms with E-state index in [-0.39, 0.29) is 0 Å². The molecule has 1 N–H and O–H groups in total. The lowest BCUT2D eigenvalue weighted by atomic mass is 10.1. The summed E-state index contributed by atoms with van der Waals surface area (Å²) in [5, 5.41) is 10.2. The van der Waals surface area contributed by atoms with Crippen LogP contribution in [0.4, 0.5) is 0 Å². The maximum absolute atomic E-state index is 10.2. The highest BCUT2D eigenvalue weighted by atomic mass is 79.9. The molecular weight excluding hydrogens is 296 g/mol. The molecule has 2 aromatic rings. The third kappa shape index (κ3) is 2.73. The lowest BCUT2D eigenvalue weighted by molar-refractivity contribution is 0.174. The number of aromatic nitrogens is 2. The molecule has 1 aromatic heterocycles. The Hall–Kier alpha value is -1.33. The zero-order valence-electron chi connectivity index (χ0n) is 10.3. The van der Waals surface area contributed by atoms with Crippen molar-refractivity contribution < 1.29 is 9.84 Å². The third-order valence-electron chi connectivity index (χ3n) is 2.86. The van der Waals surface area contributed by atoms with Gasteiger partial charge < -0.3 is 14.4 Å². The molecule has 1 aromatic carbocycles. The molecule has 4 nitrogen and oxygen atoms in total. The summed E-state index contributed by atoms with van der Waals surface area (Å²) in [7, 11) is 3.53. The predicted octanol–water partition coefficient (Wildman–Crippen LogP) is 2.47. The first kappa shape index (κ1) is 13.1. The molecule has 0 aliphatic carbocycles. The summed E-state index contributed by atoms with van der Waals surface area (Å²) >= 11 is 3.44. The first-order chi connectivity index (χ1) is 8.61. The Labute approximate surface area is 114 Å². The smallest absolute Gasteiger partial charge is 0.120 e. The number of nitrogens with zero attached hydrogens (tertiary/aromatic N) is 2. The lowest BCUT2D eigenvalue weighted by Crippen LogP contribution is -2.07. The van der Waals surface area contributed by atoms with Gasteiger partial charge >= 0.3 is 0 Å². The first-order valence-electron chi connectivity index (χ1n) is 5.59. The van der Waals surface area contributed by atoms with Crippen LogP contribution < -0.4 is 4.74 Å². The molecule has 1 unspecified atom stereocenters. The van der Waals surface area contributed by atoms with Crippen LogP contribution in [0.3, 0.4) is 0 Å². The van der Waals surface area contributed by atoms with Crippen LogP contribution in [-0.4, -0.2) is 21.8 Å². The monoisotopic (exact) mass is 310 g/mol. The van der Waals surface area contributed by atoms with Gasteiger partial charge in [-0.25, -0.2) is 4.98 Å². The molecule has 0 radical (unpaired) electrons. The van der Waals surface area contributed by atoms with Gasteiger partial charge in [-0.3, -0.25) is 0 Å². The van der Waals surface area contributed by atoms with E-state index in [1.54, 1.807) is 13.3 Å². The number of imidazole rings is 1. The second-order valence-electron chi connectivity index (χ2n) is 4.06. The number of hydrogen-bond acceptors (Lipinski definition) is 3. The molecule has 0 spiro atoms. The molecule has 0 fully saturated rings. The number of rotatable bonds is 4. The van der Waals surface area contributed by atoms with Crippen LogP contribution in [0.15, 0.2) is 35.1 Å². The Morgan fingerprint density at radius 3 is 2.83 bits per heavy atom. The Kier molecular flexibility index (Phi) is 4.04. The second-order valence-corrected chi connectivity index (χ2v) is 4.92. The summed E-state index contributed by atoms with van der Waals surface area (Å²) in [5.41, 5.74) is 0.832. The van der Waals surface area contributed by atoms with Gasteiger partial charge in [0.05, 0.1) is 13.2 Å². The van der Waals surface area contributed by atoms with Crippen molar-refractivity contribution >= 4 is 15.9 Å². The molecule has 1 heterocycles. The first-order valence-corrected chi connectivity index (χ1v) is 6.39. The minimum Gasteiger partial charge on any atom is -0.497 e. The van der Waals surface area contributed by atoms with E-state index in [0.717, 1.165) is 21.6 Å². The topological polar surface area (TPSA) is 47.3 Å². The van der Waals surface area contributed by atoms with E-state index in [4.69, 9.17) is 4.74 Å². The van der Waals surface area contributed by atoms with Gasteiger partial charge in [0.25, 0.3) is 0 Å². The van der Waals surface area contributed by atoms with E-state index in [1.807, 2.05) is 36.0 Å². The number of ether oxygens (including phenoxy) is 1. The van der Waals surface area contributed by atoms with Gasteiger partial charge in [0.15, 0.2) is 0 Å². The minimum atomic E-state index is -0.591. The molecule has 0 saturated heterocycles. The molecule has 0 aliphatic heterocycles. The van der Waals surface area contributed by atoms with Gasteiger partial charge in [0.2, 0.25) is 0 Å². The van der Waals surface area contributed by atoms with Crippen LogP contribution in [0.1, 0.15) is 17.5 Å². The zero-order valence-corrected chi connectivity index (χ0v) is 11.9. The highest BCUT2D eigenvalue weighted by Crippen LogP contribution is 2.29. The Balaban J connectivity index is 2.19. The molecule has 96 valence electrons.